The van der Waals surface area contributed by atoms with Crippen LogP contribution in [0.15, 0.2) is 89.5 Å². The van der Waals surface area contributed by atoms with Gasteiger partial charge in [-0.2, -0.15) is 0 Å². The Balaban J connectivity index is 1.92. The molecule has 3 aromatic rings. The summed E-state index contributed by atoms with van der Waals surface area (Å²) >= 11 is 0. The number of fused-ring (bicyclic) bond motifs is 1. The van der Waals surface area contributed by atoms with Gasteiger partial charge in [0.15, 0.2) is 0 Å². The molecule has 0 fully saturated rings. The minimum absolute atomic E-state index is 0.110. The maximum Gasteiger partial charge on any atom is 0.274 e. The highest BCUT2D eigenvalue weighted by Crippen LogP contribution is 2.31. The third-order valence-electron chi connectivity index (χ3n) is 6.90. The lowest BCUT2D eigenvalue weighted by Crippen LogP contribution is -2.36. The molecule has 0 aliphatic carbocycles. The van der Waals surface area contributed by atoms with Crippen molar-refractivity contribution in [3.05, 3.63) is 113 Å². The molecule has 198 valence electrons. The summed E-state index contributed by atoms with van der Waals surface area (Å²) < 4.78 is 5.96. The number of hydrogen-bond acceptors (Lipinski definition) is 3. The molecule has 0 aliphatic rings. The average Bonchev–Trinajstić information content (AvgIpc) is 3.28. The number of amides is 1. The Kier molecular flexibility index (Phi) is 9.72. The fraction of sp³-hybridized carbons (Fsp3) is 0.265. The Bertz CT molecular complexity index is 1420. The summed E-state index contributed by atoms with van der Waals surface area (Å²) in [5.74, 6) is 0.640. The zero-order valence-electron chi connectivity index (χ0n) is 23.6. The van der Waals surface area contributed by atoms with Gasteiger partial charge in [-0.1, -0.05) is 80.3 Å². The van der Waals surface area contributed by atoms with Gasteiger partial charge in [-0.15, -0.1) is 0 Å². The van der Waals surface area contributed by atoms with Crippen LogP contribution in [-0.4, -0.2) is 17.4 Å². The average molecular weight is 509 g/mol. The largest absolute Gasteiger partial charge is 0.456 e. The van der Waals surface area contributed by atoms with Gasteiger partial charge in [-0.05, 0) is 70.4 Å². The van der Waals surface area contributed by atoms with E-state index in [2.05, 4.69) is 51.4 Å². The third kappa shape index (κ3) is 6.25. The lowest BCUT2D eigenvalue weighted by molar-refractivity contribution is -0.124. The van der Waals surface area contributed by atoms with Gasteiger partial charge in [0.1, 0.15) is 11.3 Å². The summed E-state index contributed by atoms with van der Waals surface area (Å²) in [6.07, 6.45) is 10.6. The molecule has 3 rings (SSSR count). The van der Waals surface area contributed by atoms with E-state index < -0.39 is 0 Å². The molecule has 0 radical (unpaired) electrons. The fourth-order valence-corrected chi connectivity index (χ4v) is 4.39. The van der Waals surface area contributed by atoms with E-state index in [0.29, 0.717) is 17.9 Å². The molecule has 1 heterocycles. The molecule has 0 aliphatic heterocycles. The van der Waals surface area contributed by atoms with Crippen LogP contribution in [0.5, 0.6) is 0 Å². The molecule has 0 bridgehead atoms. The van der Waals surface area contributed by atoms with Crippen LogP contribution in [0.2, 0.25) is 0 Å². The van der Waals surface area contributed by atoms with E-state index in [-0.39, 0.29) is 11.9 Å². The SMILES string of the molecule is C=Cc1oc2ccc(C(C)N/C(=C/C)C(=O)N(C/C=C(\C)CC)C(=C)c3ccccc3C)cc2c1/C=C\C. The van der Waals surface area contributed by atoms with Crippen LogP contribution in [0, 0.1) is 6.92 Å². The highest BCUT2D eigenvalue weighted by atomic mass is 16.3. The Morgan fingerprint density at radius 3 is 2.55 bits per heavy atom. The van der Waals surface area contributed by atoms with Gasteiger partial charge < -0.3 is 14.6 Å². The topological polar surface area (TPSA) is 45.5 Å². The van der Waals surface area contributed by atoms with E-state index in [1.54, 1.807) is 11.0 Å². The number of nitrogens with zero attached hydrogens (tertiary/aromatic N) is 1. The smallest absolute Gasteiger partial charge is 0.274 e. The zero-order valence-corrected chi connectivity index (χ0v) is 23.6. The Morgan fingerprint density at radius 1 is 1.18 bits per heavy atom. The number of allylic oxidation sites excluding steroid dienone is 3. The molecule has 1 aromatic heterocycles. The van der Waals surface area contributed by atoms with Crippen molar-refractivity contribution in [2.75, 3.05) is 6.54 Å². The lowest BCUT2D eigenvalue weighted by Gasteiger charge is -2.28. The molecule has 1 unspecified atom stereocenters. The third-order valence-corrected chi connectivity index (χ3v) is 6.90. The molecule has 0 saturated carbocycles. The quantitative estimate of drug-likeness (QED) is 0.208. The lowest BCUT2D eigenvalue weighted by atomic mass is 10.0. The van der Waals surface area contributed by atoms with Crippen molar-refractivity contribution in [1.29, 1.82) is 0 Å². The monoisotopic (exact) mass is 508 g/mol. The number of carbonyl (C=O) groups excluding carboxylic acids is 1. The number of nitrogens with one attached hydrogen (secondary N) is 1. The molecule has 4 nitrogen and oxygen atoms in total. The van der Waals surface area contributed by atoms with Crippen molar-refractivity contribution in [2.45, 2.75) is 54.0 Å². The summed E-state index contributed by atoms with van der Waals surface area (Å²) in [6, 6.07) is 14.0. The molecule has 1 N–H and O–H groups in total. The number of aryl methyl sites for hydroxylation is 1. The van der Waals surface area contributed by atoms with E-state index in [4.69, 9.17) is 4.42 Å². The second-order valence-electron chi connectivity index (χ2n) is 9.49. The van der Waals surface area contributed by atoms with Gasteiger partial charge in [0.05, 0.1) is 5.70 Å². The second kappa shape index (κ2) is 13.0. The van der Waals surface area contributed by atoms with Crippen LogP contribution in [0.3, 0.4) is 0 Å². The first kappa shape index (κ1) is 28.5. The van der Waals surface area contributed by atoms with Crippen molar-refractivity contribution < 1.29 is 9.21 Å². The van der Waals surface area contributed by atoms with E-state index in [1.807, 2.05) is 75.4 Å². The summed E-state index contributed by atoms with van der Waals surface area (Å²) in [7, 11) is 0. The predicted molar refractivity (Wildman–Crippen MR) is 162 cm³/mol. The summed E-state index contributed by atoms with van der Waals surface area (Å²) in [5.41, 5.74) is 7.37. The summed E-state index contributed by atoms with van der Waals surface area (Å²) in [4.78, 5) is 15.7. The maximum atomic E-state index is 13.9. The van der Waals surface area contributed by atoms with Crippen molar-refractivity contribution in [2.24, 2.45) is 0 Å². The minimum atomic E-state index is -0.114. The predicted octanol–water partition coefficient (Wildman–Crippen LogP) is 8.83. The standard InChI is InChI=1S/C34H40N2O2/c1-9-15-29-30-22-27(18-19-33(30)38-32(29)12-4)25(7)35-31(11-3)34(37)36(21-20-23(5)10-2)26(8)28-17-14-13-16-24(28)6/h9,11-20,22,25,35H,4,8,10,21H2,1-3,5-7H3/b15-9-,23-20+,31-11+. The molecule has 38 heavy (non-hydrogen) atoms. The Hall–Kier alpha value is -4.05. The minimum Gasteiger partial charge on any atom is -0.456 e. The molecular weight excluding hydrogens is 468 g/mol. The van der Waals surface area contributed by atoms with Crippen molar-refractivity contribution in [3.8, 4) is 0 Å². The second-order valence-corrected chi connectivity index (χ2v) is 9.49. The molecule has 0 spiro atoms. The number of benzene rings is 2. The number of hydrogen-bond donors (Lipinski definition) is 1. The number of furan rings is 1. The summed E-state index contributed by atoms with van der Waals surface area (Å²) in [5, 5.41) is 4.48. The zero-order chi connectivity index (χ0) is 27.8. The van der Waals surface area contributed by atoms with Gasteiger partial charge in [0.25, 0.3) is 5.91 Å². The van der Waals surface area contributed by atoms with Gasteiger partial charge in [0, 0.05) is 34.8 Å². The Labute approximate surface area is 227 Å². The van der Waals surface area contributed by atoms with Crippen LogP contribution < -0.4 is 5.32 Å². The van der Waals surface area contributed by atoms with E-state index in [0.717, 1.165) is 45.4 Å². The van der Waals surface area contributed by atoms with Crippen LogP contribution in [-0.2, 0) is 4.79 Å². The number of carbonyl (C=O) groups is 1. The fourth-order valence-electron chi connectivity index (χ4n) is 4.39. The first-order valence-corrected chi connectivity index (χ1v) is 13.2. The van der Waals surface area contributed by atoms with Gasteiger partial charge >= 0.3 is 0 Å². The summed E-state index contributed by atoms with van der Waals surface area (Å²) in [6.45, 7) is 20.8. The van der Waals surface area contributed by atoms with Crippen molar-refractivity contribution >= 4 is 34.7 Å². The normalized spacial score (nSPS) is 13.1. The van der Waals surface area contributed by atoms with Crippen molar-refractivity contribution in [1.82, 2.24) is 10.2 Å². The molecule has 4 heteroatoms. The molecular formula is C34H40N2O2. The maximum absolute atomic E-state index is 13.9. The molecule has 0 saturated heterocycles. The molecule has 2 aromatic carbocycles. The Morgan fingerprint density at radius 2 is 1.92 bits per heavy atom. The molecule has 1 amide bonds. The van der Waals surface area contributed by atoms with Crippen LogP contribution in [0.4, 0.5) is 0 Å². The number of rotatable bonds is 11. The van der Waals surface area contributed by atoms with E-state index >= 15 is 0 Å². The van der Waals surface area contributed by atoms with Gasteiger partial charge in [-0.3, -0.25) is 4.79 Å². The van der Waals surface area contributed by atoms with E-state index in [9.17, 15) is 4.79 Å². The van der Waals surface area contributed by atoms with Crippen LogP contribution in [0.1, 0.15) is 75.1 Å². The van der Waals surface area contributed by atoms with Crippen molar-refractivity contribution in [3.63, 3.8) is 0 Å². The first-order chi connectivity index (χ1) is 18.2. The highest BCUT2D eigenvalue weighted by molar-refractivity contribution is 5.98. The molecule has 1 atom stereocenters. The van der Waals surface area contributed by atoms with Gasteiger partial charge in [-0.25, -0.2) is 0 Å². The van der Waals surface area contributed by atoms with Gasteiger partial charge in [0.2, 0.25) is 0 Å². The first-order valence-electron chi connectivity index (χ1n) is 13.2. The van der Waals surface area contributed by atoms with Crippen LogP contribution in [0.25, 0.3) is 28.8 Å². The highest BCUT2D eigenvalue weighted by Gasteiger charge is 2.23. The van der Waals surface area contributed by atoms with Crippen LogP contribution >= 0.6 is 0 Å². The van der Waals surface area contributed by atoms with E-state index in [1.165, 1.54) is 5.57 Å².